The molecule has 2 saturated heterocycles. The van der Waals surface area contributed by atoms with Crippen LogP contribution >= 0.6 is 0 Å². The Morgan fingerprint density at radius 2 is 1.89 bits per heavy atom. The summed E-state index contributed by atoms with van der Waals surface area (Å²) in [5, 5.41) is 11.7. The van der Waals surface area contributed by atoms with Gasteiger partial charge < -0.3 is 14.9 Å². The quantitative estimate of drug-likeness (QED) is 0.626. The summed E-state index contributed by atoms with van der Waals surface area (Å²) < 4.78 is 33.8. The summed E-state index contributed by atoms with van der Waals surface area (Å²) in [5.74, 6) is -2.23. The van der Waals surface area contributed by atoms with E-state index in [4.69, 9.17) is 9.90 Å². The number of aromatic nitrogens is 3. The fraction of sp³-hybridized carbons (Fsp3) is 0.577. The zero-order valence-electron chi connectivity index (χ0n) is 21.4. The zero-order chi connectivity index (χ0) is 27.7. The van der Waals surface area contributed by atoms with E-state index in [1.807, 2.05) is 44.9 Å². The maximum Gasteiger partial charge on any atom is 0.490 e. The highest BCUT2D eigenvalue weighted by Crippen LogP contribution is 2.51. The molecule has 9 nitrogen and oxygen atoms in total. The average molecular weight is 536 g/mol. The maximum atomic E-state index is 14.0. The van der Waals surface area contributed by atoms with Crippen LogP contribution in [0.1, 0.15) is 62.9 Å². The molecule has 5 rings (SSSR count). The molecule has 1 saturated carbocycles. The molecule has 1 aliphatic carbocycles. The fourth-order valence-electron chi connectivity index (χ4n) is 5.49. The number of amides is 2. The Bertz CT molecular complexity index is 1170. The van der Waals surface area contributed by atoms with Crippen molar-refractivity contribution in [3.63, 3.8) is 0 Å². The normalized spacial score (nSPS) is 23.5. The number of likely N-dealkylation sites (tertiary alicyclic amines) is 2. The molecule has 3 fully saturated rings. The van der Waals surface area contributed by atoms with Gasteiger partial charge in [-0.1, -0.05) is 6.07 Å². The molecule has 38 heavy (non-hydrogen) atoms. The van der Waals surface area contributed by atoms with Crippen molar-refractivity contribution in [3.8, 4) is 0 Å². The molecule has 0 radical (unpaired) electrons. The Hall–Kier alpha value is -3.44. The van der Waals surface area contributed by atoms with E-state index in [9.17, 15) is 22.8 Å². The van der Waals surface area contributed by atoms with Crippen LogP contribution in [0.2, 0.25) is 0 Å². The highest BCUT2D eigenvalue weighted by molar-refractivity contribution is 5.88. The molecule has 4 heterocycles. The summed E-state index contributed by atoms with van der Waals surface area (Å²) >= 11 is 0. The Morgan fingerprint density at radius 1 is 1.18 bits per heavy atom. The van der Waals surface area contributed by atoms with Crippen molar-refractivity contribution in [3.05, 3.63) is 48.0 Å². The van der Waals surface area contributed by atoms with E-state index in [0.717, 1.165) is 43.6 Å². The van der Waals surface area contributed by atoms with Crippen LogP contribution in [-0.4, -0.2) is 73.3 Å². The number of halogens is 3. The van der Waals surface area contributed by atoms with Gasteiger partial charge in [0.2, 0.25) is 11.8 Å². The first-order chi connectivity index (χ1) is 17.9. The van der Waals surface area contributed by atoms with Crippen LogP contribution in [0.3, 0.4) is 0 Å². The minimum atomic E-state index is -5.08. The van der Waals surface area contributed by atoms with Crippen LogP contribution in [-0.2, 0) is 20.9 Å². The molecule has 3 aliphatic rings. The van der Waals surface area contributed by atoms with Gasteiger partial charge in [0, 0.05) is 55.6 Å². The first-order valence-electron chi connectivity index (χ1n) is 12.8. The van der Waals surface area contributed by atoms with Crippen LogP contribution in [0.25, 0.3) is 0 Å². The molecular formula is C26H32F3N5O4. The Kier molecular flexibility index (Phi) is 7.80. The number of carbonyl (C=O) groups excluding carboxylic acids is 2. The summed E-state index contributed by atoms with van der Waals surface area (Å²) in [5.41, 5.74) is 1.40. The number of rotatable bonds is 5. The van der Waals surface area contributed by atoms with Crippen LogP contribution in [0.4, 0.5) is 13.2 Å². The number of carbonyl (C=O) groups is 3. The fourth-order valence-corrected chi connectivity index (χ4v) is 5.49. The third-order valence-corrected chi connectivity index (χ3v) is 7.41. The second-order valence-electron chi connectivity index (χ2n) is 10.5. The van der Waals surface area contributed by atoms with Gasteiger partial charge in [-0.15, -0.1) is 0 Å². The lowest BCUT2D eigenvalue weighted by atomic mass is 9.70. The first-order valence-corrected chi connectivity index (χ1v) is 12.8. The minimum Gasteiger partial charge on any atom is -0.475 e. The average Bonchev–Trinajstić information content (AvgIpc) is 3.47. The lowest BCUT2D eigenvalue weighted by Crippen LogP contribution is -2.52. The van der Waals surface area contributed by atoms with E-state index < -0.39 is 17.6 Å². The van der Waals surface area contributed by atoms with E-state index >= 15 is 0 Å². The number of carboxylic acids is 1. The SMILES string of the molecule is CC(C)n1nccc1[C@@H]1CN(C(=O)C2CC2)C[C@]12CCCN(Cc1ccccn1)C2=O.O=C(O)C(F)(F)F. The predicted molar refractivity (Wildman–Crippen MR) is 130 cm³/mol. The molecule has 12 heteroatoms. The third-order valence-electron chi connectivity index (χ3n) is 7.41. The molecule has 1 spiro atoms. The number of carboxylic acid groups (broad SMARTS) is 1. The Labute approximate surface area is 218 Å². The molecule has 1 N–H and O–H groups in total. The molecular weight excluding hydrogens is 503 g/mol. The highest BCUT2D eigenvalue weighted by Gasteiger charge is 2.57. The van der Waals surface area contributed by atoms with Gasteiger partial charge >= 0.3 is 12.1 Å². The van der Waals surface area contributed by atoms with Crippen LogP contribution in [0, 0.1) is 11.3 Å². The number of pyridine rings is 1. The number of nitrogens with zero attached hydrogens (tertiary/aromatic N) is 5. The molecule has 2 aromatic rings. The predicted octanol–water partition coefficient (Wildman–Crippen LogP) is 3.64. The molecule has 206 valence electrons. The van der Waals surface area contributed by atoms with Crippen molar-refractivity contribution in [2.75, 3.05) is 19.6 Å². The largest absolute Gasteiger partial charge is 0.490 e. The number of alkyl halides is 3. The smallest absolute Gasteiger partial charge is 0.475 e. The second kappa shape index (κ2) is 10.7. The highest BCUT2D eigenvalue weighted by atomic mass is 19.4. The van der Waals surface area contributed by atoms with Gasteiger partial charge in [0.05, 0.1) is 17.7 Å². The number of hydrogen-bond donors (Lipinski definition) is 1. The van der Waals surface area contributed by atoms with Crippen molar-refractivity contribution in [1.82, 2.24) is 24.6 Å². The minimum absolute atomic E-state index is 0.0286. The lowest BCUT2D eigenvalue weighted by Gasteiger charge is -2.42. The standard InChI is InChI=1S/C24H31N5O2.C2HF3O2/c1-17(2)29-21(9-12-26-29)20-15-28(22(30)18-7-8-18)16-24(20)10-5-13-27(23(24)31)14-19-6-3-4-11-25-19;3-2(4,5)1(6)7/h3-4,6,9,11-12,17-18,20H,5,7-8,10,13-16H2,1-2H3;(H,6,7)/t20-,24+;/m0./s1. The monoisotopic (exact) mass is 535 g/mol. The summed E-state index contributed by atoms with van der Waals surface area (Å²) in [7, 11) is 0. The van der Waals surface area contributed by atoms with Gasteiger partial charge in [0.15, 0.2) is 0 Å². The number of piperidine rings is 1. The Morgan fingerprint density at radius 3 is 2.47 bits per heavy atom. The molecule has 2 atom stereocenters. The van der Waals surface area contributed by atoms with Gasteiger partial charge in [0.25, 0.3) is 0 Å². The van der Waals surface area contributed by atoms with E-state index in [1.54, 1.807) is 6.20 Å². The van der Waals surface area contributed by atoms with Crippen LogP contribution < -0.4 is 0 Å². The summed E-state index contributed by atoms with van der Waals surface area (Å²) in [6.07, 6.45) is 2.24. The molecule has 2 aliphatic heterocycles. The molecule has 2 amide bonds. The van der Waals surface area contributed by atoms with Gasteiger partial charge in [-0.25, -0.2) is 4.79 Å². The van der Waals surface area contributed by atoms with E-state index in [1.165, 1.54) is 0 Å². The molecule has 0 aromatic carbocycles. The van der Waals surface area contributed by atoms with Gasteiger partial charge in [-0.05, 0) is 57.7 Å². The van der Waals surface area contributed by atoms with Crippen molar-refractivity contribution < 1.29 is 32.7 Å². The first kappa shape index (κ1) is 27.6. The van der Waals surface area contributed by atoms with E-state index in [0.29, 0.717) is 19.6 Å². The van der Waals surface area contributed by atoms with Crippen molar-refractivity contribution in [2.45, 2.75) is 64.2 Å². The summed E-state index contributed by atoms with van der Waals surface area (Å²) in [6.45, 7) is 6.62. The molecule has 0 unspecified atom stereocenters. The molecule has 2 aromatic heterocycles. The topological polar surface area (TPSA) is 109 Å². The van der Waals surface area contributed by atoms with Crippen molar-refractivity contribution in [2.24, 2.45) is 11.3 Å². The summed E-state index contributed by atoms with van der Waals surface area (Å²) in [6, 6.07) is 8.07. The Balaban J connectivity index is 0.000000426. The molecule has 0 bridgehead atoms. The van der Waals surface area contributed by atoms with Crippen LogP contribution in [0.5, 0.6) is 0 Å². The maximum absolute atomic E-state index is 14.0. The number of hydrogen-bond acceptors (Lipinski definition) is 5. The van der Waals surface area contributed by atoms with Crippen molar-refractivity contribution in [1.29, 1.82) is 0 Å². The van der Waals surface area contributed by atoms with Crippen LogP contribution in [0.15, 0.2) is 36.7 Å². The van der Waals surface area contributed by atoms with Crippen molar-refractivity contribution >= 4 is 17.8 Å². The second-order valence-corrected chi connectivity index (χ2v) is 10.5. The van der Waals surface area contributed by atoms with E-state index in [-0.39, 0.29) is 29.7 Å². The number of aliphatic carboxylic acids is 1. The lowest BCUT2D eigenvalue weighted by molar-refractivity contribution is -0.192. The zero-order valence-corrected chi connectivity index (χ0v) is 21.4. The third kappa shape index (κ3) is 5.68. The van der Waals surface area contributed by atoms with Gasteiger partial charge in [-0.3, -0.25) is 19.3 Å². The summed E-state index contributed by atoms with van der Waals surface area (Å²) in [4.78, 5) is 44.3. The van der Waals surface area contributed by atoms with E-state index in [2.05, 4.69) is 23.9 Å². The van der Waals surface area contributed by atoms with Gasteiger partial charge in [-0.2, -0.15) is 18.3 Å². The van der Waals surface area contributed by atoms with Gasteiger partial charge in [0.1, 0.15) is 0 Å².